The average Bonchev–Trinajstić information content (AvgIpc) is 3.44. The fourth-order valence-electron chi connectivity index (χ4n) is 3.90. The Bertz CT molecular complexity index is 1170. The molecular weight excluding hydrogens is 400 g/mol. The molecule has 4 heterocycles. The van der Waals surface area contributed by atoms with Gasteiger partial charge in [-0.1, -0.05) is 0 Å². The summed E-state index contributed by atoms with van der Waals surface area (Å²) in [5.74, 6) is 1.31. The second kappa shape index (κ2) is 7.69. The van der Waals surface area contributed by atoms with Crippen LogP contribution in [0.15, 0.2) is 30.7 Å². The van der Waals surface area contributed by atoms with Crippen LogP contribution in [0.3, 0.4) is 0 Å². The Morgan fingerprint density at radius 2 is 2.03 bits per heavy atom. The number of aryl methyl sites for hydroxylation is 2. The van der Waals surface area contributed by atoms with Gasteiger partial charge in [-0.2, -0.15) is 14.5 Å². The molecule has 0 unspecified atom stereocenters. The summed E-state index contributed by atoms with van der Waals surface area (Å²) in [4.78, 5) is 9.55. The third kappa shape index (κ3) is 3.75. The smallest absolute Gasteiger partial charge is 0.230 e. The lowest BCUT2D eigenvalue weighted by atomic mass is 9.93. The number of rotatable bonds is 5. The molecule has 4 aromatic heterocycles. The maximum atomic E-state index is 9.86. The zero-order valence-corrected chi connectivity index (χ0v) is 17.7. The summed E-state index contributed by atoms with van der Waals surface area (Å²) in [5, 5.41) is 22.0. The summed E-state index contributed by atoms with van der Waals surface area (Å²) >= 11 is 1.39. The largest absolute Gasteiger partial charge is 0.393 e. The van der Waals surface area contributed by atoms with Crippen molar-refractivity contribution in [1.29, 1.82) is 0 Å². The fourth-order valence-corrected chi connectivity index (χ4v) is 4.55. The Balaban J connectivity index is 1.55. The van der Waals surface area contributed by atoms with Gasteiger partial charge in [0.2, 0.25) is 5.95 Å². The van der Waals surface area contributed by atoms with Gasteiger partial charge in [-0.3, -0.25) is 4.68 Å². The minimum Gasteiger partial charge on any atom is -0.393 e. The third-order valence-corrected chi connectivity index (χ3v) is 6.20. The molecule has 1 saturated carbocycles. The lowest BCUT2D eigenvalue weighted by Gasteiger charge is -2.27. The Kier molecular flexibility index (Phi) is 4.87. The lowest BCUT2D eigenvalue weighted by Crippen LogP contribution is -2.28. The lowest BCUT2D eigenvalue weighted by molar-refractivity contribution is 0.126. The van der Waals surface area contributed by atoms with E-state index in [1.807, 2.05) is 44.7 Å². The van der Waals surface area contributed by atoms with Crippen LogP contribution in [0.2, 0.25) is 0 Å². The van der Waals surface area contributed by atoms with E-state index < -0.39 is 0 Å². The number of hydrogen-bond donors (Lipinski definition) is 3. The van der Waals surface area contributed by atoms with Crippen LogP contribution in [0.25, 0.3) is 16.7 Å². The van der Waals surface area contributed by atoms with Crippen LogP contribution < -0.4 is 10.6 Å². The molecule has 4 aromatic rings. The molecule has 0 saturated heterocycles. The molecule has 5 rings (SSSR count). The van der Waals surface area contributed by atoms with Gasteiger partial charge in [0, 0.05) is 25.5 Å². The van der Waals surface area contributed by atoms with Gasteiger partial charge in [0.15, 0.2) is 5.82 Å². The number of anilines is 3. The van der Waals surface area contributed by atoms with Crippen molar-refractivity contribution in [2.24, 2.45) is 7.05 Å². The number of aromatic nitrogens is 6. The van der Waals surface area contributed by atoms with Gasteiger partial charge in [0.1, 0.15) is 10.5 Å². The second-order valence-electron chi connectivity index (χ2n) is 7.79. The number of hydrogen-bond acceptors (Lipinski definition) is 8. The van der Waals surface area contributed by atoms with E-state index in [-0.39, 0.29) is 12.1 Å². The first-order valence-corrected chi connectivity index (χ1v) is 10.9. The van der Waals surface area contributed by atoms with Gasteiger partial charge in [0.05, 0.1) is 29.2 Å². The Morgan fingerprint density at radius 3 is 2.73 bits per heavy atom. The van der Waals surface area contributed by atoms with Gasteiger partial charge in [0.25, 0.3) is 0 Å². The molecule has 156 valence electrons. The number of aliphatic hydroxyl groups excluding tert-OH is 1. The zero-order valence-electron chi connectivity index (χ0n) is 16.9. The minimum absolute atomic E-state index is 0.195. The standard InChI is InChI=1S/C20H24N8OS/c1-12-9-17(30-26-12)24-20-23-16-7-8-28(14-10-21-27(2)11-14)18(16)19(25-20)22-13-3-5-15(29)6-4-13/h7-11,13,15,29H,3-6H2,1-2H3,(H2,22,23,24,25)/t13-,15-. The molecule has 3 N–H and O–H groups in total. The first-order chi connectivity index (χ1) is 14.5. The Morgan fingerprint density at radius 1 is 1.20 bits per heavy atom. The Labute approximate surface area is 178 Å². The number of aliphatic hydroxyl groups is 1. The molecule has 1 aliphatic rings. The van der Waals surface area contributed by atoms with E-state index in [1.165, 1.54) is 11.5 Å². The van der Waals surface area contributed by atoms with Crippen molar-refractivity contribution >= 4 is 39.3 Å². The van der Waals surface area contributed by atoms with Crippen molar-refractivity contribution in [1.82, 2.24) is 28.7 Å². The molecule has 0 radical (unpaired) electrons. The predicted octanol–water partition coefficient (Wildman–Crippen LogP) is 3.38. The highest BCUT2D eigenvalue weighted by Gasteiger charge is 2.22. The van der Waals surface area contributed by atoms with Crippen LogP contribution in [0.4, 0.5) is 16.8 Å². The monoisotopic (exact) mass is 424 g/mol. The molecule has 1 fully saturated rings. The second-order valence-corrected chi connectivity index (χ2v) is 8.60. The molecule has 0 atom stereocenters. The molecule has 0 spiro atoms. The first kappa shape index (κ1) is 19.0. The number of nitrogens with zero attached hydrogens (tertiary/aromatic N) is 6. The highest BCUT2D eigenvalue weighted by atomic mass is 32.1. The zero-order chi connectivity index (χ0) is 20.7. The highest BCUT2D eigenvalue weighted by Crippen LogP contribution is 2.30. The van der Waals surface area contributed by atoms with E-state index in [9.17, 15) is 5.11 Å². The van der Waals surface area contributed by atoms with Gasteiger partial charge in [-0.15, -0.1) is 0 Å². The molecule has 30 heavy (non-hydrogen) atoms. The van der Waals surface area contributed by atoms with E-state index >= 15 is 0 Å². The van der Waals surface area contributed by atoms with E-state index in [0.717, 1.165) is 58.9 Å². The van der Waals surface area contributed by atoms with Crippen molar-refractivity contribution in [3.8, 4) is 5.69 Å². The van der Waals surface area contributed by atoms with Crippen LogP contribution in [-0.4, -0.2) is 45.9 Å². The summed E-state index contributed by atoms with van der Waals surface area (Å²) in [7, 11) is 1.90. The van der Waals surface area contributed by atoms with Crippen molar-refractivity contribution in [3.63, 3.8) is 0 Å². The predicted molar refractivity (Wildman–Crippen MR) is 118 cm³/mol. The summed E-state index contributed by atoms with van der Waals surface area (Å²) < 4.78 is 8.15. The molecule has 0 aliphatic heterocycles. The normalized spacial score (nSPS) is 19.3. The van der Waals surface area contributed by atoms with Crippen molar-refractivity contribution in [2.75, 3.05) is 10.6 Å². The van der Waals surface area contributed by atoms with E-state index in [0.29, 0.717) is 5.95 Å². The molecular formula is C20H24N8OS. The van der Waals surface area contributed by atoms with Gasteiger partial charge in [-0.05, 0) is 56.3 Å². The van der Waals surface area contributed by atoms with Crippen LogP contribution in [0.5, 0.6) is 0 Å². The van der Waals surface area contributed by atoms with Gasteiger partial charge < -0.3 is 20.3 Å². The maximum absolute atomic E-state index is 9.86. The highest BCUT2D eigenvalue weighted by molar-refractivity contribution is 7.10. The number of fused-ring (bicyclic) bond motifs is 1. The Hall–Kier alpha value is -2.98. The first-order valence-electron chi connectivity index (χ1n) is 10.1. The summed E-state index contributed by atoms with van der Waals surface area (Å²) in [6, 6.07) is 4.24. The van der Waals surface area contributed by atoms with Gasteiger partial charge >= 0.3 is 0 Å². The molecule has 1 aliphatic carbocycles. The van der Waals surface area contributed by atoms with Crippen molar-refractivity contribution < 1.29 is 5.11 Å². The van der Waals surface area contributed by atoms with E-state index in [4.69, 9.17) is 9.97 Å². The number of nitrogens with one attached hydrogen (secondary N) is 2. The van der Waals surface area contributed by atoms with Crippen molar-refractivity contribution in [2.45, 2.75) is 44.8 Å². The molecule has 9 nitrogen and oxygen atoms in total. The molecule has 0 bridgehead atoms. The van der Waals surface area contributed by atoms with Gasteiger partial charge in [-0.25, -0.2) is 4.98 Å². The quantitative estimate of drug-likeness (QED) is 0.451. The van der Waals surface area contributed by atoms with Crippen LogP contribution >= 0.6 is 11.5 Å². The van der Waals surface area contributed by atoms with E-state index in [2.05, 4.69) is 24.7 Å². The van der Waals surface area contributed by atoms with Crippen LogP contribution in [0, 0.1) is 6.92 Å². The topological polar surface area (TPSA) is 106 Å². The molecule has 0 amide bonds. The summed E-state index contributed by atoms with van der Waals surface area (Å²) in [6.07, 6.45) is 9.03. The van der Waals surface area contributed by atoms with Crippen LogP contribution in [-0.2, 0) is 7.05 Å². The van der Waals surface area contributed by atoms with Crippen LogP contribution in [0.1, 0.15) is 31.4 Å². The SMILES string of the molecule is Cc1cc(Nc2nc(N[C@H]3CC[C@H](O)CC3)c3c(ccn3-c3cnn(C)c3)n2)sn1. The third-order valence-electron chi connectivity index (χ3n) is 5.40. The maximum Gasteiger partial charge on any atom is 0.230 e. The van der Waals surface area contributed by atoms with Crippen molar-refractivity contribution in [3.05, 3.63) is 36.4 Å². The fraction of sp³-hybridized carbons (Fsp3) is 0.400. The summed E-state index contributed by atoms with van der Waals surface area (Å²) in [5.41, 5.74) is 3.68. The average molecular weight is 425 g/mol. The summed E-state index contributed by atoms with van der Waals surface area (Å²) in [6.45, 7) is 1.96. The molecule has 0 aromatic carbocycles. The molecule has 10 heteroatoms. The van der Waals surface area contributed by atoms with E-state index in [1.54, 1.807) is 4.68 Å². The minimum atomic E-state index is -0.195.